The minimum Gasteiger partial charge on any atom is -0.326 e. The lowest BCUT2D eigenvalue weighted by Gasteiger charge is -2.08. The Morgan fingerprint density at radius 3 is 2.65 bits per heavy atom. The summed E-state index contributed by atoms with van der Waals surface area (Å²) in [6, 6.07) is 0.859. The van der Waals surface area contributed by atoms with E-state index in [4.69, 9.17) is 17.3 Å². The van der Waals surface area contributed by atoms with Gasteiger partial charge in [-0.1, -0.05) is 11.6 Å². The average Bonchev–Trinajstić information content (AvgIpc) is 2.71. The minimum atomic E-state index is -4.46. The van der Waals surface area contributed by atoms with Gasteiger partial charge in [0.15, 0.2) is 0 Å². The Bertz CT molecular complexity index is 628. The minimum absolute atomic E-state index is 0.0570. The normalized spacial score (nSPS) is 11.9. The van der Waals surface area contributed by atoms with E-state index >= 15 is 0 Å². The van der Waals surface area contributed by atoms with Gasteiger partial charge in [-0.15, -0.1) is 0 Å². The van der Waals surface area contributed by atoms with Gasteiger partial charge in [-0.25, -0.2) is 4.98 Å². The number of rotatable bonds is 3. The summed E-state index contributed by atoms with van der Waals surface area (Å²) in [5.41, 5.74) is 5.60. The topological polar surface area (TPSA) is 51.8 Å². The van der Waals surface area contributed by atoms with Crippen molar-refractivity contribution in [3.63, 3.8) is 0 Å². The maximum Gasteiger partial charge on any atom is 0.417 e. The van der Waals surface area contributed by atoms with E-state index in [1.807, 2.05) is 6.92 Å². The van der Waals surface area contributed by atoms with Crippen LogP contribution in [0.5, 0.6) is 0 Å². The number of hydrogen-bond donors (Lipinski definition) is 1. The Labute approximate surface area is 126 Å². The number of halogens is 4. The van der Waals surface area contributed by atoms with Gasteiger partial charge >= 0.3 is 6.18 Å². The Balaban J connectivity index is 2.30. The molecule has 0 radical (unpaired) electrons. The number of aromatic nitrogens is 2. The highest BCUT2D eigenvalue weighted by atomic mass is 35.5. The Hall–Kier alpha value is -0.830. The molecule has 9 heteroatoms. The van der Waals surface area contributed by atoms with Gasteiger partial charge in [-0.05, 0) is 36.3 Å². The molecule has 0 aromatic carbocycles. The van der Waals surface area contributed by atoms with Crippen LogP contribution in [0.25, 0.3) is 0 Å². The van der Waals surface area contributed by atoms with Crippen molar-refractivity contribution in [2.45, 2.75) is 29.7 Å². The molecule has 2 N–H and O–H groups in total. The highest BCUT2D eigenvalue weighted by Gasteiger charge is 2.31. The molecule has 0 saturated carbocycles. The molecule has 0 aliphatic heterocycles. The second-order valence-corrected chi connectivity index (χ2v) is 6.20. The summed E-state index contributed by atoms with van der Waals surface area (Å²) < 4.78 is 41.7. The number of alkyl halides is 3. The SMILES string of the molecule is Cc1snc(Sc2ncc(C(F)(F)F)cc2Cl)c1CN. The van der Waals surface area contributed by atoms with Gasteiger partial charge in [0.05, 0.1) is 10.6 Å². The van der Waals surface area contributed by atoms with Gasteiger partial charge in [0, 0.05) is 23.2 Å². The van der Waals surface area contributed by atoms with Gasteiger partial charge in [0.1, 0.15) is 10.1 Å². The van der Waals surface area contributed by atoms with Crippen molar-refractivity contribution >= 4 is 34.9 Å². The molecule has 0 amide bonds. The molecule has 0 unspecified atom stereocenters. The van der Waals surface area contributed by atoms with E-state index in [0.717, 1.165) is 34.5 Å². The predicted molar refractivity (Wildman–Crippen MR) is 73.1 cm³/mol. The van der Waals surface area contributed by atoms with E-state index in [0.29, 0.717) is 11.6 Å². The lowest BCUT2D eigenvalue weighted by Crippen LogP contribution is -2.05. The summed E-state index contributed by atoms with van der Waals surface area (Å²) in [4.78, 5) is 4.73. The van der Waals surface area contributed by atoms with Crippen LogP contribution in [0.2, 0.25) is 5.02 Å². The lowest BCUT2D eigenvalue weighted by atomic mass is 10.3. The van der Waals surface area contributed by atoms with Gasteiger partial charge in [0.2, 0.25) is 0 Å². The zero-order valence-electron chi connectivity index (χ0n) is 10.2. The third kappa shape index (κ3) is 3.25. The van der Waals surface area contributed by atoms with E-state index < -0.39 is 11.7 Å². The molecular formula is C11H9ClF3N3S2. The molecule has 0 bridgehead atoms. The number of nitrogens with zero attached hydrogens (tertiary/aromatic N) is 2. The number of pyridine rings is 1. The van der Waals surface area contributed by atoms with Crippen molar-refractivity contribution < 1.29 is 13.2 Å². The van der Waals surface area contributed by atoms with Gasteiger partial charge < -0.3 is 5.73 Å². The molecule has 0 fully saturated rings. The summed E-state index contributed by atoms with van der Waals surface area (Å²) >= 11 is 8.25. The van der Waals surface area contributed by atoms with Crippen molar-refractivity contribution in [1.82, 2.24) is 9.36 Å². The van der Waals surface area contributed by atoms with Crippen LogP contribution < -0.4 is 5.73 Å². The monoisotopic (exact) mass is 339 g/mol. The van der Waals surface area contributed by atoms with E-state index in [2.05, 4.69) is 9.36 Å². The van der Waals surface area contributed by atoms with Crippen molar-refractivity contribution in [2.24, 2.45) is 5.73 Å². The molecule has 108 valence electrons. The van der Waals surface area contributed by atoms with Crippen LogP contribution in [-0.2, 0) is 12.7 Å². The van der Waals surface area contributed by atoms with Crippen LogP contribution >= 0.6 is 34.9 Å². The maximum absolute atomic E-state index is 12.5. The Kier molecular flexibility index (Phi) is 4.58. The third-order valence-corrected chi connectivity index (χ3v) is 4.84. The fourth-order valence-corrected chi connectivity index (χ4v) is 3.46. The fraction of sp³-hybridized carbons (Fsp3) is 0.273. The summed E-state index contributed by atoms with van der Waals surface area (Å²) in [6.07, 6.45) is -3.70. The predicted octanol–water partition coefficient (Wildman–Crippen LogP) is 4.13. The molecule has 0 aliphatic carbocycles. The van der Waals surface area contributed by atoms with Crippen molar-refractivity contribution in [2.75, 3.05) is 0 Å². The number of aryl methyl sites for hydroxylation is 1. The van der Waals surface area contributed by atoms with Gasteiger partial charge in [0.25, 0.3) is 0 Å². The highest BCUT2D eigenvalue weighted by Crippen LogP contribution is 2.37. The van der Waals surface area contributed by atoms with Crippen LogP contribution in [0.3, 0.4) is 0 Å². The zero-order valence-corrected chi connectivity index (χ0v) is 12.6. The van der Waals surface area contributed by atoms with Crippen molar-refractivity contribution in [3.8, 4) is 0 Å². The second-order valence-electron chi connectivity index (χ2n) is 3.84. The summed E-state index contributed by atoms with van der Waals surface area (Å²) in [6.45, 7) is 2.19. The number of hydrogen-bond acceptors (Lipinski definition) is 5. The van der Waals surface area contributed by atoms with E-state index in [1.54, 1.807) is 0 Å². The molecule has 20 heavy (non-hydrogen) atoms. The molecule has 2 aromatic rings. The van der Waals surface area contributed by atoms with E-state index in [-0.39, 0.29) is 10.0 Å². The molecule has 0 spiro atoms. The number of nitrogens with two attached hydrogens (primary N) is 1. The van der Waals surface area contributed by atoms with Crippen LogP contribution in [0.15, 0.2) is 22.3 Å². The molecule has 3 nitrogen and oxygen atoms in total. The molecule has 2 rings (SSSR count). The molecular weight excluding hydrogens is 331 g/mol. The fourth-order valence-electron chi connectivity index (χ4n) is 1.43. The first-order valence-corrected chi connectivity index (χ1v) is 7.35. The van der Waals surface area contributed by atoms with Crippen LogP contribution in [0.4, 0.5) is 13.2 Å². The zero-order chi connectivity index (χ0) is 14.9. The first-order chi connectivity index (χ1) is 9.32. The third-order valence-electron chi connectivity index (χ3n) is 2.48. The molecule has 0 atom stereocenters. The van der Waals surface area contributed by atoms with Crippen molar-refractivity contribution in [1.29, 1.82) is 0 Å². The first-order valence-electron chi connectivity index (χ1n) is 5.38. The largest absolute Gasteiger partial charge is 0.417 e. The first kappa shape index (κ1) is 15.6. The van der Waals surface area contributed by atoms with Crippen LogP contribution in [0, 0.1) is 6.92 Å². The summed E-state index contributed by atoms with van der Waals surface area (Å²) in [5, 5.41) is 0.849. The molecule has 0 aliphatic rings. The molecule has 2 heterocycles. The second kappa shape index (κ2) is 5.88. The summed E-state index contributed by atoms with van der Waals surface area (Å²) in [7, 11) is 0. The average molecular weight is 340 g/mol. The van der Waals surface area contributed by atoms with Crippen LogP contribution in [-0.4, -0.2) is 9.36 Å². The quantitative estimate of drug-likeness (QED) is 0.913. The van der Waals surface area contributed by atoms with Crippen molar-refractivity contribution in [3.05, 3.63) is 33.3 Å². The standard InChI is InChI=1S/C11H9ClF3N3S2/c1-5-7(3-16)9(18-20-5)19-10-8(12)2-6(4-17-10)11(13,14)15/h2,4H,3,16H2,1H3. The van der Waals surface area contributed by atoms with E-state index in [9.17, 15) is 13.2 Å². The molecule has 0 saturated heterocycles. The Morgan fingerprint density at radius 1 is 1.40 bits per heavy atom. The van der Waals surface area contributed by atoms with Gasteiger partial charge in [-0.3, -0.25) is 0 Å². The lowest BCUT2D eigenvalue weighted by molar-refractivity contribution is -0.137. The maximum atomic E-state index is 12.5. The summed E-state index contributed by atoms with van der Waals surface area (Å²) in [5.74, 6) is 0. The molecule has 2 aromatic heterocycles. The smallest absolute Gasteiger partial charge is 0.326 e. The Morgan fingerprint density at radius 2 is 2.10 bits per heavy atom. The van der Waals surface area contributed by atoms with Gasteiger partial charge in [-0.2, -0.15) is 17.5 Å². The highest BCUT2D eigenvalue weighted by molar-refractivity contribution is 7.99. The van der Waals surface area contributed by atoms with Crippen LogP contribution in [0.1, 0.15) is 16.0 Å². The van der Waals surface area contributed by atoms with E-state index in [1.165, 1.54) is 11.5 Å².